The van der Waals surface area contributed by atoms with Crippen LogP contribution in [-0.2, 0) is 9.53 Å². The molecule has 0 aliphatic rings. The summed E-state index contributed by atoms with van der Waals surface area (Å²) in [6.45, 7) is 3.53. The Hall–Kier alpha value is -3.08. The van der Waals surface area contributed by atoms with Crippen molar-refractivity contribution >= 4 is 12.1 Å². The molecule has 0 aliphatic heterocycles. The van der Waals surface area contributed by atoms with Gasteiger partial charge < -0.3 is 15.2 Å². The minimum absolute atomic E-state index is 0.0680. The first kappa shape index (κ1) is 17.3. The molecule has 0 unspecified atom stereocenters. The minimum atomic E-state index is -1.00. The second-order valence-corrected chi connectivity index (χ2v) is 5.17. The van der Waals surface area contributed by atoms with Crippen molar-refractivity contribution in [3.05, 3.63) is 72.8 Å². The normalized spacial score (nSPS) is 11.3. The van der Waals surface area contributed by atoms with Crippen molar-refractivity contribution in [2.75, 3.05) is 6.61 Å². The molecule has 5 nitrogen and oxygen atoms in total. The molecule has 24 heavy (non-hydrogen) atoms. The Morgan fingerprint density at radius 1 is 1.08 bits per heavy atom. The summed E-state index contributed by atoms with van der Waals surface area (Å²) in [6.07, 6.45) is 0.544. The Morgan fingerprint density at radius 2 is 1.71 bits per heavy atom. The number of hydrogen-bond acceptors (Lipinski definition) is 3. The molecular weight excluding hydrogens is 306 g/mol. The quantitative estimate of drug-likeness (QED) is 0.760. The van der Waals surface area contributed by atoms with Crippen LogP contribution in [0.3, 0.4) is 0 Å². The van der Waals surface area contributed by atoms with Crippen LogP contribution in [0.5, 0.6) is 0 Å². The predicted molar refractivity (Wildman–Crippen MR) is 91.6 cm³/mol. The summed E-state index contributed by atoms with van der Waals surface area (Å²) in [5.41, 5.74) is 2.78. The van der Waals surface area contributed by atoms with Crippen molar-refractivity contribution < 1.29 is 19.4 Å². The van der Waals surface area contributed by atoms with E-state index in [0.29, 0.717) is 5.56 Å². The molecule has 0 aliphatic carbocycles. The molecule has 2 aromatic carbocycles. The van der Waals surface area contributed by atoms with Crippen LogP contribution in [0, 0.1) is 0 Å². The van der Waals surface area contributed by atoms with Crippen molar-refractivity contribution in [3.63, 3.8) is 0 Å². The minimum Gasteiger partial charge on any atom is -0.481 e. The fourth-order valence-corrected chi connectivity index (χ4v) is 2.28. The van der Waals surface area contributed by atoms with Crippen LogP contribution in [0.1, 0.15) is 18.0 Å². The van der Waals surface area contributed by atoms with Gasteiger partial charge in [0.05, 0.1) is 12.5 Å². The zero-order chi connectivity index (χ0) is 17.4. The topological polar surface area (TPSA) is 75.6 Å². The van der Waals surface area contributed by atoms with E-state index in [1.807, 2.05) is 54.6 Å². The lowest BCUT2D eigenvalue weighted by Gasteiger charge is -2.17. The van der Waals surface area contributed by atoms with E-state index in [1.54, 1.807) is 0 Å². The van der Waals surface area contributed by atoms with Crippen molar-refractivity contribution in [1.82, 2.24) is 5.32 Å². The molecule has 5 heteroatoms. The number of hydrogen-bond donors (Lipinski definition) is 2. The Labute approximate surface area is 140 Å². The lowest BCUT2D eigenvalue weighted by molar-refractivity contribution is -0.137. The Bertz CT molecular complexity index is 695. The summed E-state index contributed by atoms with van der Waals surface area (Å²) in [5.74, 6) is -1.00. The number of alkyl carbamates (subject to hydrolysis) is 1. The first-order chi connectivity index (χ1) is 11.6. The maximum atomic E-state index is 11.7. The van der Waals surface area contributed by atoms with Gasteiger partial charge in [0.1, 0.15) is 6.61 Å². The maximum Gasteiger partial charge on any atom is 0.407 e. The third-order valence-electron chi connectivity index (χ3n) is 3.42. The molecule has 0 aromatic heterocycles. The predicted octanol–water partition coefficient (Wildman–Crippen LogP) is 3.78. The summed E-state index contributed by atoms with van der Waals surface area (Å²) in [7, 11) is 0. The Kier molecular flexibility index (Phi) is 6.14. The Morgan fingerprint density at radius 3 is 2.29 bits per heavy atom. The van der Waals surface area contributed by atoms with E-state index in [1.165, 1.54) is 6.08 Å². The number of carbonyl (C=O) groups excluding carboxylic acids is 1. The highest BCUT2D eigenvalue weighted by atomic mass is 16.5. The number of carboxylic acids is 1. The summed E-state index contributed by atoms with van der Waals surface area (Å²) in [6, 6.07) is 16.6. The van der Waals surface area contributed by atoms with E-state index in [2.05, 4.69) is 11.9 Å². The molecule has 124 valence electrons. The van der Waals surface area contributed by atoms with Crippen molar-refractivity contribution in [1.29, 1.82) is 0 Å². The van der Waals surface area contributed by atoms with Crippen LogP contribution in [0.2, 0.25) is 0 Å². The summed E-state index contributed by atoms with van der Waals surface area (Å²) in [5, 5.41) is 11.6. The van der Waals surface area contributed by atoms with E-state index in [4.69, 9.17) is 9.84 Å². The van der Waals surface area contributed by atoms with E-state index in [-0.39, 0.29) is 13.0 Å². The Balaban J connectivity index is 2.15. The largest absolute Gasteiger partial charge is 0.481 e. The molecule has 0 bridgehead atoms. The third kappa shape index (κ3) is 4.98. The molecule has 1 amide bonds. The summed E-state index contributed by atoms with van der Waals surface area (Å²) in [4.78, 5) is 22.7. The fraction of sp³-hybridized carbons (Fsp3) is 0.158. The monoisotopic (exact) mass is 325 g/mol. The molecule has 0 spiro atoms. The number of amides is 1. The van der Waals surface area contributed by atoms with Crippen molar-refractivity contribution in [2.24, 2.45) is 0 Å². The molecule has 0 heterocycles. The van der Waals surface area contributed by atoms with Gasteiger partial charge in [-0.1, -0.05) is 67.3 Å². The average Bonchev–Trinajstić information content (AvgIpc) is 2.60. The van der Waals surface area contributed by atoms with Crippen molar-refractivity contribution in [3.8, 4) is 11.1 Å². The van der Waals surface area contributed by atoms with E-state index in [0.717, 1.165) is 11.1 Å². The second-order valence-electron chi connectivity index (χ2n) is 5.17. The van der Waals surface area contributed by atoms with E-state index >= 15 is 0 Å². The van der Waals surface area contributed by atoms with Crippen molar-refractivity contribution in [2.45, 2.75) is 12.5 Å². The number of rotatable bonds is 7. The number of benzene rings is 2. The van der Waals surface area contributed by atoms with Gasteiger partial charge in [0.25, 0.3) is 0 Å². The van der Waals surface area contributed by atoms with Crippen LogP contribution in [-0.4, -0.2) is 23.8 Å². The SMILES string of the molecule is C=CCOC(=O)N[C@H](CC(=O)O)c1ccc(-c2ccccc2)cc1. The molecular formula is C19H19NO4. The summed E-state index contributed by atoms with van der Waals surface area (Å²) < 4.78 is 4.86. The lowest BCUT2D eigenvalue weighted by Crippen LogP contribution is -2.30. The molecule has 1 atom stereocenters. The van der Waals surface area contributed by atoms with Gasteiger partial charge in [0, 0.05) is 0 Å². The molecule has 0 saturated heterocycles. The maximum absolute atomic E-state index is 11.7. The van der Waals surface area contributed by atoms with Gasteiger partial charge in [0.15, 0.2) is 0 Å². The fourth-order valence-electron chi connectivity index (χ4n) is 2.28. The standard InChI is InChI=1S/C19H19NO4/c1-2-12-24-19(23)20-17(13-18(21)22)16-10-8-15(9-11-16)14-6-4-3-5-7-14/h2-11,17H,1,12-13H2,(H,20,23)(H,21,22)/t17-/m1/s1. The molecule has 0 saturated carbocycles. The van der Waals surface area contributed by atoms with Gasteiger partial charge in [0.2, 0.25) is 0 Å². The number of carbonyl (C=O) groups is 2. The zero-order valence-electron chi connectivity index (χ0n) is 13.1. The molecule has 2 N–H and O–H groups in total. The van der Waals surface area contributed by atoms with Gasteiger partial charge in [-0.05, 0) is 16.7 Å². The van der Waals surface area contributed by atoms with Crippen LogP contribution < -0.4 is 5.32 Å². The average molecular weight is 325 g/mol. The van der Waals surface area contributed by atoms with Crippen LogP contribution >= 0.6 is 0 Å². The molecule has 0 fully saturated rings. The first-order valence-electron chi connectivity index (χ1n) is 7.51. The highest BCUT2D eigenvalue weighted by Gasteiger charge is 2.18. The van der Waals surface area contributed by atoms with Gasteiger partial charge in [-0.25, -0.2) is 4.79 Å². The van der Waals surface area contributed by atoms with Gasteiger partial charge in [-0.15, -0.1) is 0 Å². The van der Waals surface area contributed by atoms with Gasteiger partial charge >= 0.3 is 12.1 Å². The number of nitrogens with one attached hydrogen (secondary N) is 1. The number of ether oxygens (including phenoxy) is 1. The number of carboxylic acid groups (broad SMARTS) is 1. The molecule has 0 radical (unpaired) electrons. The summed E-state index contributed by atoms with van der Waals surface area (Å²) >= 11 is 0. The molecule has 2 rings (SSSR count). The molecule has 2 aromatic rings. The third-order valence-corrected chi connectivity index (χ3v) is 3.42. The lowest BCUT2D eigenvalue weighted by atomic mass is 9.99. The number of aliphatic carboxylic acids is 1. The van der Waals surface area contributed by atoms with Gasteiger partial charge in [-0.2, -0.15) is 0 Å². The van der Waals surface area contributed by atoms with E-state index in [9.17, 15) is 9.59 Å². The zero-order valence-corrected chi connectivity index (χ0v) is 13.1. The van der Waals surface area contributed by atoms with Crippen LogP contribution in [0.15, 0.2) is 67.3 Å². The smallest absolute Gasteiger partial charge is 0.407 e. The van der Waals surface area contributed by atoms with Crippen LogP contribution in [0.4, 0.5) is 4.79 Å². The van der Waals surface area contributed by atoms with Crippen LogP contribution in [0.25, 0.3) is 11.1 Å². The first-order valence-corrected chi connectivity index (χ1v) is 7.51. The van der Waals surface area contributed by atoms with E-state index < -0.39 is 18.1 Å². The van der Waals surface area contributed by atoms with Gasteiger partial charge in [-0.3, -0.25) is 4.79 Å². The second kappa shape index (κ2) is 8.53. The highest BCUT2D eigenvalue weighted by molar-refractivity contribution is 5.72. The highest BCUT2D eigenvalue weighted by Crippen LogP contribution is 2.23.